The summed E-state index contributed by atoms with van der Waals surface area (Å²) in [4.78, 5) is 122. The van der Waals surface area contributed by atoms with E-state index < -0.39 is 5.82 Å². The van der Waals surface area contributed by atoms with E-state index in [0.717, 1.165) is 211 Å². The summed E-state index contributed by atoms with van der Waals surface area (Å²) in [6, 6.07) is 53.9. The van der Waals surface area contributed by atoms with E-state index in [9.17, 15) is 28.4 Å². The molecule has 0 spiro atoms. The Morgan fingerprint density at radius 3 is 1.39 bits per heavy atom. The topological polar surface area (TPSA) is 274 Å². The molecule has 3 aliphatic carbocycles. The van der Waals surface area contributed by atoms with E-state index in [-0.39, 0.29) is 40.5 Å². The van der Waals surface area contributed by atoms with Gasteiger partial charge in [0.2, 0.25) is 5.91 Å². The van der Waals surface area contributed by atoms with E-state index >= 15 is 0 Å². The second-order valence-electron chi connectivity index (χ2n) is 38.6. The number of fused-ring (bicyclic) bond motifs is 5. The van der Waals surface area contributed by atoms with Crippen LogP contribution in [0.3, 0.4) is 0 Å². The fourth-order valence-corrected chi connectivity index (χ4v) is 18.6. The summed E-state index contributed by atoms with van der Waals surface area (Å²) >= 11 is 11.8. The van der Waals surface area contributed by atoms with Crippen LogP contribution in [-0.4, -0.2) is 174 Å². The number of pyridine rings is 5. The van der Waals surface area contributed by atoms with Gasteiger partial charge in [-0.2, -0.15) is 0 Å². The Morgan fingerprint density at radius 1 is 0.417 bits per heavy atom. The van der Waals surface area contributed by atoms with E-state index in [1.54, 1.807) is 68.0 Å². The summed E-state index contributed by atoms with van der Waals surface area (Å²) in [7, 11) is 3.26. The van der Waals surface area contributed by atoms with Crippen molar-refractivity contribution in [1.29, 1.82) is 0 Å². The Morgan fingerprint density at radius 2 is 0.875 bits per heavy atom. The molecule has 10 aromatic heterocycles. The Hall–Kier alpha value is -13.3. The maximum absolute atomic E-state index is 13.5. The second-order valence-corrected chi connectivity index (χ2v) is 39.4. The fraction of sp³-hybridized carbons (Fsp3) is 0.430. The predicted octanol–water partition coefficient (Wildman–Crippen LogP) is 23.9. The molecule has 3 saturated carbocycles. The molecule has 0 radical (unpaired) electrons. The summed E-state index contributed by atoms with van der Waals surface area (Å²) in [6.07, 6.45) is 28.2. The molecular weight excluding hydrogens is 1850 g/mol. The highest BCUT2D eigenvalue weighted by Crippen LogP contribution is 2.37. The first-order valence-corrected chi connectivity index (χ1v) is 52.2. The van der Waals surface area contributed by atoms with Crippen molar-refractivity contribution in [2.45, 2.75) is 250 Å². The number of carbonyl (C=O) groups is 5. The number of imidazole rings is 5. The summed E-state index contributed by atoms with van der Waals surface area (Å²) in [5.74, 6) is 7.57. The number of aromatic nitrogens is 15. The minimum atomic E-state index is -0.538. The molecule has 0 unspecified atom stereocenters. The van der Waals surface area contributed by atoms with Gasteiger partial charge in [-0.3, -0.25) is 24.0 Å². The van der Waals surface area contributed by atoms with Crippen LogP contribution in [-0.2, 0) is 70.1 Å². The summed E-state index contributed by atoms with van der Waals surface area (Å²) in [5, 5.41) is 0.573. The van der Waals surface area contributed by atoms with E-state index in [1.165, 1.54) is 56.7 Å². The van der Waals surface area contributed by atoms with E-state index in [2.05, 4.69) is 110 Å². The summed E-state index contributed by atoms with van der Waals surface area (Å²) in [6.45, 7) is 30.3. The van der Waals surface area contributed by atoms with Crippen molar-refractivity contribution >= 4 is 109 Å². The molecule has 10 heterocycles. The number of nitrogens with zero attached hydrogens (tertiary/aromatic N) is 20. The number of ether oxygens (including phenoxy) is 2. The zero-order valence-corrected chi connectivity index (χ0v) is 87.1. The standard InChI is InChI=1S/C25H32N4O2.C24H30N4O.C23H30N4O2.C21H24ClFN4O.C21H23ClN4O/c1-18(2)12-14-28(24(30)15-20-7-4-5-9-22(20)31-3)17-23-27-21-8-6-13-26-25(21)29(23)16-19-10-11-19;1-3-4-16-27(24(29)20-13-8-5-10-18(20)2)17-22-26-21-14-9-15-25-23(21)28(22)19-11-6-7-12-19;1-4-6-7-15-26(23(28)18-10-8-11-19(16-18)29-3)17-21-25-20-12-9-13-24-22(20)27(21)14-5-2;1-4-10-27-19(25-18-6-5-9-24-20(18)27)13-26(12-14(2)3)21(28)15-7-8-17(23)16(22)11-15;1-2-12-25(21(27)16-7-9-17(22)10-8-16)14-19-24-18-4-3-11-23-20(18)26(19)13-15-5-6-15/h4-9,13,18-19H,10-12,14-17H2,1-3H3;5,8-10,13-15,19H,3-4,6-7,11-12,16-17H2,1-2H3;8-13,16H,4-7,14-15,17H2,1-3H3;5-9,11,14H,4,10,12-13H2,1-3H3;3-4,7-11,15H,2,5-6,12-14H2,1H3. The van der Waals surface area contributed by atoms with E-state index in [4.69, 9.17) is 57.6 Å². The monoisotopic (exact) mass is 1990 g/mol. The highest BCUT2D eigenvalue weighted by atomic mass is 35.5. The number of para-hydroxylation sites is 1. The Kier molecular flexibility index (Phi) is 38.6. The quantitative estimate of drug-likeness (QED) is 0.0322. The third-order valence-electron chi connectivity index (χ3n) is 26.2. The third-order valence-corrected chi connectivity index (χ3v) is 26.8. The Balaban J connectivity index is 0.000000143. The number of hydrogen-bond acceptors (Lipinski definition) is 17. The average Bonchev–Trinajstić information content (AvgIpc) is 1.63. The first-order valence-electron chi connectivity index (χ1n) is 51.5. The van der Waals surface area contributed by atoms with Gasteiger partial charge in [0.15, 0.2) is 28.2 Å². The zero-order chi connectivity index (χ0) is 102. The molecule has 0 aliphatic heterocycles. The minimum absolute atomic E-state index is 0.00284. The van der Waals surface area contributed by atoms with Crippen LogP contribution in [0.15, 0.2) is 207 Å². The van der Waals surface area contributed by atoms with Crippen molar-refractivity contribution in [2.24, 2.45) is 23.7 Å². The average molecular weight is 1990 g/mol. The molecule has 144 heavy (non-hydrogen) atoms. The third kappa shape index (κ3) is 28.2. The summed E-state index contributed by atoms with van der Waals surface area (Å²) in [5.41, 5.74) is 13.3. The van der Waals surface area contributed by atoms with Crippen molar-refractivity contribution in [3.63, 3.8) is 0 Å². The molecule has 18 rings (SSSR count). The lowest BCUT2D eigenvalue weighted by Crippen LogP contribution is -2.34. The highest BCUT2D eigenvalue weighted by Gasteiger charge is 2.33. The van der Waals surface area contributed by atoms with Gasteiger partial charge in [-0.1, -0.05) is 160 Å². The molecule has 758 valence electrons. The van der Waals surface area contributed by atoms with Crippen LogP contribution in [0.25, 0.3) is 55.8 Å². The van der Waals surface area contributed by atoms with Gasteiger partial charge in [-0.05, 0) is 247 Å². The fourth-order valence-electron chi connectivity index (χ4n) is 18.3. The largest absolute Gasteiger partial charge is 0.497 e. The molecule has 0 bridgehead atoms. The molecule has 5 amide bonds. The number of unbranched alkanes of at least 4 members (excludes halogenated alkanes) is 3. The SMILES string of the molecule is CCCCCN(Cc1nc2cccnc2n1CCC)C(=O)c1cccc(OC)c1.CCCCN(Cc1nc2cccnc2n1C1CCCC1)C(=O)c1ccccc1C.CCCN(Cc1nc2cccnc2n1CC1CC1)C(=O)c1ccc(Cl)cc1.CCCn1c(CN(CC(C)C)C(=O)c2ccc(F)c(Cl)c2)nc2cccnc21.COc1ccccc1CC(=O)N(CCC(C)C)Cc1nc2cccnc2n1CC1CC1. The molecule has 27 nitrogen and oxygen atoms in total. The van der Waals surface area contributed by atoms with Crippen molar-refractivity contribution in [3.05, 3.63) is 285 Å². The Labute approximate surface area is 855 Å². The predicted molar refractivity (Wildman–Crippen MR) is 568 cm³/mol. The van der Waals surface area contributed by atoms with Gasteiger partial charge >= 0.3 is 0 Å². The van der Waals surface area contributed by atoms with Gasteiger partial charge in [0, 0.05) is 129 Å². The number of rotatable bonds is 41. The smallest absolute Gasteiger partial charge is 0.254 e. The molecule has 3 aliphatic rings. The maximum atomic E-state index is 13.5. The first kappa shape index (κ1) is 106. The van der Waals surface area contributed by atoms with E-state index in [1.807, 2.05) is 166 Å². The number of carbonyl (C=O) groups excluding carboxylic acids is 5. The lowest BCUT2D eigenvalue weighted by molar-refractivity contribution is -0.131. The molecule has 15 aromatic rings. The van der Waals surface area contributed by atoms with Crippen LogP contribution in [0, 0.1) is 36.4 Å². The van der Waals surface area contributed by atoms with Crippen molar-refractivity contribution in [1.82, 2.24) is 97.2 Å². The van der Waals surface area contributed by atoms with Crippen molar-refractivity contribution in [2.75, 3.05) is 46.9 Å². The van der Waals surface area contributed by atoms with Gasteiger partial charge < -0.3 is 56.8 Å². The van der Waals surface area contributed by atoms with Gasteiger partial charge in [-0.25, -0.2) is 54.2 Å². The van der Waals surface area contributed by atoms with Crippen LogP contribution in [0.5, 0.6) is 11.5 Å². The van der Waals surface area contributed by atoms with Crippen molar-refractivity contribution < 1.29 is 37.8 Å². The number of methoxy groups -OCH3 is 2. The molecule has 0 N–H and O–H groups in total. The number of aryl methyl sites for hydroxylation is 3. The minimum Gasteiger partial charge on any atom is -0.497 e. The highest BCUT2D eigenvalue weighted by molar-refractivity contribution is 6.31. The van der Waals surface area contributed by atoms with Gasteiger partial charge in [0.25, 0.3) is 23.6 Å². The van der Waals surface area contributed by atoms with Gasteiger partial charge in [0.05, 0.1) is 58.4 Å². The van der Waals surface area contributed by atoms with Gasteiger partial charge in [0.1, 0.15) is 74.0 Å². The lowest BCUT2D eigenvalue weighted by atomic mass is 10.1. The molecule has 5 aromatic carbocycles. The van der Waals surface area contributed by atoms with Crippen LogP contribution < -0.4 is 9.47 Å². The summed E-state index contributed by atoms with van der Waals surface area (Å²) < 4.78 is 35.2. The lowest BCUT2D eigenvalue weighted by Gasteiger charge is -2.25. The molecule has 0 saturated heterocycles. The molecule has 0 atom stereocenters. The first-order chi connectivity index (χ1) is 70.0. The Bertz CT molecular complexity index is 6780. The van der Waals surface area contributed by atoms with Crippen LogP contribution in [0.1, 0.15) is 259 Å². The maximum Gasteiger partial charge on any atom is 0.254 e. The number of halogens is 3. The second kappa shape index (κ2) is 52.3. The molecule has 3 fully saturated rings. The zero-order valence-electron chi connectivity index (χ0n) is 85.6. The van der Waals surface area contributed by atoms with Crippen LogP contribution in [0.4, 0.5) is 4.39 Å². The molecule has 30 heteroatoms. The van der Waals surface area contributed by atoms with Gasteiger partial charge in [-0.15, -0.1) is 0 Å². The van der Waals surface area contributed by atoms with Crippen molar-refractivity contribution in [3.8, 4) is 11.5 Å². The molecular formula is C114H139Cl2FN20O7. The number of benzene rings is 5. The number of hydrogen-bond donors (Lipinski definition) is 0. The van der Waals surface area contributed by atoms with Crippen LogP contribution in [0.2, 0.25) is 10.0 Å². The normalized spacial score (nSPS) is 12.9. The number of amides is 5. The van der Waals surface area contributed by atoms with E-state index in [0.29, 0.717) is 117 Å². The van der Waals surface area contributed by atoms with Crippen LogP contribution >= 0.6 is 23.2 Å².